The average Bonchev–Trinajstić information content (AvgIpc) is 2.82. The number of anilines is 1. The monoisotopic (exact) mass is 298 g/mol. The number of carbonyl (C=O) groups excluding carboxylic acids is 2. The van der Waals surface area contributed by atoms with Crippen LogP contribution in [0.4, 0.5) is 11.4 Å². The third-order valence-corrected chi connectivity index (χ3v) is 5.08. The van der Waals surface area contributed by atoms with Gasteiger partial charge >= 0.3 is 0 Å². The molecule has 2 bridgehead atoms. The fourth-order valence-electron chi connectivity index (χ4n) is 4.12. The first-order valence-electron chi connectivity index (χ1n) is 7.39. The van der Waals surface area contributed by atoms with Crippen LogP contribution in [0.25, 0.3) is 0 Å². The molecule has 22 heavy (non-hydrogen) atoms. The molecule has 2 fully saturated rings. The molecule has 4 atom stereocenters. The Balaban J connectivity index is 1.81. The smallest absolute Gasteiger partial charge is 0.274 e. The van der Waals surface area contributed by atoms with Crippen molar-refractivity contribution in [3.8, 4) is 0 Å². The zero-order valence-corrected chi connectivity index (χ0v) is 11.7. The lowest BCUT2D eigenvalue weighted by Crippen LogP contribution is -2.38. The van der Waals surface area contributed by atoms with Gasteiger partial charge in [-0.05, 0) is 30.7 Å². The Morgan fingerprint density at radius 3 is 2.05 bits per heavy atom. The van der Waals surface area contributed by atoms with Gasteiger partial charge in [0.2, 0.25) is 11.8 Å². The molecule has 1 heterocycles. The molecule has 1 aromatic rings. The Morgan fingerprint density at radius 2 is 1.55 bits per heavy atom. The van der Waals surface area contributed by atoms with Crippen LogP contribution in [0.5, 0.6) is 0 Å². The molecule has 1 aromatic carbocycles. The van der Waals surface area contributed by atoms with Crippen LogP contribution in [0.1, 0.15) is 12.8 Å². The molecule has 0 radical (unpaired) electrons. The second-order valence-corrected chi connectivity index (χ2v) is 6.10. The van der Waals surface area contributed by atoms with Crippen molar-refractivity contribution in [2.24, 2.45) is 23.7 Å². The SMILES string of the molecule is O=C1[C@H]2[C@H](C(=O)N1c1ccccc1[N+](=O)[O-])[C@H]1C=C[C@H]2CC1. The van der Waals surface area contributed by atoms with Gasteiger partial charge in [-0.2, -0.15) is 0 Å². The van der Waals surface area contributed by atoms with E-state index in [1.54, 1.807) is 6.07 Å². The number of nitro groups is 1. The molecule has 1 saturated carbocycles. The molecule has 6 nitrogen and oxygen atoms in total. The molecule has 4 aliphatic rings. The molecule has 6 heteroatoms. The number of fused-ring (bicyclic) bond motifs is 1. The maximum absolute atomic E-state index is 12.8. The summed E-state index contributed by atoms with van der Waals surface area (Å²) in [6, 6.07) is 5.94. The first-order chi connectivity index (χ1) is 10.6. The highest BCUT2D eigenvalue weighted by Crippen LogP contribution is 2.51. The molecule has 3 aliphatic carbocycles. The Bertz CT molecular complexity index is 695. The molecule has 1 aliphatic heterocycles. The van der Waals surface area contributed by atoms with Crippen LogP contribution in [0.3, 0.4) is 0 Å². The molecule has 0 spiro atoms. The van der Waals surface area contributed by atoms with Crippen molar-refractivity contribution in [2.75, 3.05) is 4.90 Å². The Hall–Kier alpha value is -2.50. The number of carbonyl (C=O) groups is 2. The predicted octanol–water partition coefficient (Wildman–Crippen LogP) is 2.30. The van der Waals surface area contributed by atoms with E-state index in [4.69, 9.17) is 0 Å². The predicted molar refractivity (Wildman–Crippen MR) is 77.9 cm³/mol. The van der Waals surface area contributed by atoms with E-state index < -0.39 is 4.92 Å². The highest BCUT2D eigenvalue weighted by atomic mass is 16.6. The van der Waals surface area contributed by atoms with Crippen LogP contribution in [0.2, 0.25) is 0 Å². The van der Waals surface area contributed by atoms with Crippen molar-refractivity contribution in [1.29, 1.82) is 0 Å². The zero-order valence-electron chi connectivity index (χ0n) is 11.7. The van der Waals surface area contributed by atoms with Crippen molar-refractivity contribution in [1.82, 2.24) is 0 Å². The van der Waals surface area contributed by atoms with Gasteiger partial charge in [0.1, 0.15) is 5.69 Å². The molecule has 1 saturated heterocycles. The van der Waals surface area contributed by atoms with Gasteiger partial charge in [0.05, 0.1) is 16.8 Å². The maximum atomic E-state index is 12.8. The van der Waals surface area contributed by atoms with E-state index >= 15 is 0 Å². The number of allylic oxidation sites excluding steroid dienone is 2. The fraction of sp³-hybridized carbons (Fsp3) is 0.375. The maximum Gasteiger partial charge on any atom is 0.293 e. The number of para-hydroxylation sites is 2. The van der Waals surface area contributed by atoms with Gasteiger partial charge in [-0.15, -0.1) is 0 Å². The van der Waals surface area contributed by atoms with E-state index in [1.165, 1.54) is 18.2 Å². The van der Waals surface area contributed by atoms with Crippen LogP contribution < -0.4 is 4.90 Å². The van der Waals surface area contributed by atoms with Crippen LogP contribution in [0.15, 0.2) is 36.4 Å². The summed E-state index contributed by atoms with van der Waals surface area (Å²) in [5.74, 6) is -1.11. The van der Waals surface area contributed by atoms with Gasteiger partial charge in [-0.25, -0.2) is 4.90 Å². The normalized spacial score (nSPS) is 32.5. The van der Waals surface area contributed by atoms with E-state index in [1.807, 2.05) is 12.2 Å². The number of hydrogen-bond acceptors (Lipinski definition) is 4. The number of rotatable bonds is 2. The Labute approximate surface area is 126 Å². The minimum atomic E-state index is -0.551. The molecule has 0 N–H and O–H groups in total. The fourth-order valence-corrected chi connectivity index (χ4v) is 4.12. The first kappa shape index (κ1) is 13.2. The van der Waals surface area contributed by atoms with Gasteiger partial charge in [-0.3, -0.25) is 19.7 Å². The minimum Gasteiger partial charge on any atom is -0.274 e. The Kier molecular flexibility index (Phi) is 2.69. The number of imide groups is 1. The van der Waals surface area contributed by atoms with Crippen molar-refractivity contribution >= 4 is 23.2 Å². The van der Waals surface area contributed by atoms with E-state index in [0.717, 1.165) is 17.7 Å². The third-order valence-electron chi connectivity index (χ3n) is 5.08. The summed E-state index contributed by atoms with van der Waals surface area (Å²) in [5.41, 5.74) is -0.112. The molecule has 5 rings (SSSR count). The third kappa shape index (κ3) is 1.60. The summed E-state index contributed by atoms with van der Waals surface area (Å²) < 4.78 is 0. The molecule has 0 aromatic heterocycles. The lowest BCUT2D eigenvalue weighted by Gasteiger charge is -2.38. The van der Waals surface area contributed by atoms with Crippen LogP contribution in [-0.4, -0.2) is 16.7 Å². The van der Waals surface area contributed by atoms with E-state index in [-0.39, 0.29) is 46.9 Å². The lowest BCUT2D eigenvalue weighted by molar-refractivity contribution is -0.384. The second-order valence-electron chi connectivity index (χ2n) is 6.10. The van der Waals surface area contributed by atoms with Gasteiger partial charge in [0, 0.05) is 6.07 Å². The lowest BCUT2D eigenvalue weighted by atomic mass is 9.63. The van der Waals surface area contributed by atoms with Crippen molar-refractivity contribution < 1.29 is 14.5 Å². The molecular weight excluding hydrogens is 284 g/mol. The van der Waals surface area contributed by atoms with Gasteiger partial charge in [0.25, 0.3) is 5.69 Å². The molecular formula is C16H14N2O4. The summed E-state index contributed by atoms with van der Waals surface area (Å²) in [6.07, 6.45) is 5.88. The highest BCUT2D eigenvalue weighted by molar-refractivity contribution is 6.23. The summed E-state index contributed by atoms with van der Waals surface area (Å²) in [6.45, 7) is 0. The zero-order chi connectivity index (χ0) is 15.4. The van der Waals surface area contributed by atoms with Crippen LogP contribution in [-0.2, 0) is 9.59 Å². The topological polar surface area (TPSA) is 80.5 Å². The summed E-state index contributed by atoms with van der Waals surface area (Å²) in [4.78, 5) is 37.2. The average molecular weight is 298 g/mol. The number of amides is 2. The van der Waals surface area contributed by atoms with Crippen molar-refractivity contribution in [3.63, 3.8) is 0 Å². The Morgan fingerprint density at radius 1 is 1.00 bits per heavy atom. The summed E-state index contributed by atoms with van der Waals surface area (Å²) in [7, 11) is 0. The molecule has 2 amide bonds. The van der Waals surface area contributed by atoms with E-state index in [0.29, 0.717) is 0 Å². The van der Waals surface area contributed by atoms with E-state index in [9.17, 15) is 19.7 Å². The van der Waals surface area contributed by atoms with Crippen LogP contribution in [0, 0.1) is 33.8 Å². The molecule has 112 valence electrons. The number of benzene rings is 1. The number of hydrogen-bond donors (Lipinski definition) is 0. The van der Waals surface area contributed by atoms with Gasteiger partial charge < -0.3 is 0 Å². The number of nitro benzene ring substituents is 1. The first-order valence-corrected chi connectivity index (χ1v) is 7.39. The van der Waals surface area contributed by atoms with Crippen molar-refractivity contribution in [2.45, 2.75) is 12.8 Å². The number of nitrogens with zero attached hydrogens (tertiary/aromatic N) is 2. The van der Waals surface area contributed by atoms with Gasteiger partial charge in [-0.1, -0.05) is 24.3 Å². The summed E-state index contributed by atoms with van der Waals surface area (Å²) >= 11 is 0. The quantitative estimate of drug-likeness (QED) is 0.363. The highest BCUT2D eigenvalue weighted by Gasteiger charge is 2.57. The van der Waals surface area contributed by atoms with E-state index in [2.05, 4.69) is 0 Å². The standard InChI is InChI=1S/C16H14N2O4/c19-15-13-9-5-6-10(8-7-9)14(13)16(20)17(15)11-3-1-2-4-12(11)18(21)22/h1-6,9-10,13-14H,7-8H2/t9-,10-,13+,14+/m0/s1. The van der Waals surface area contributed by atoms with Crippen LogP contribution >= 0.6 is 0 Å². The van der Waals surface area contributed by atoms with Gasteiger partial charge in [0.15, 0.2) is 0 Å². The summed E-state index contributed by atoms with van der Waals surface area (Å²) in [5, 5.41) is 11.2. The largest absolute Gasteiger partial charge is 0.293 e. The van der Waals surface area contributed by atoms with Crippen molar-refractivity contribution in [3.05, 3.63) is 46.5 Å². The second kappa shape index (κ2) is 4.50. The minimum absolute atomic E-state index is 0.0826. The molecule has 0 unspecified atom stereocenters.